The first kappa shape index (κ1) is 32.1. The van der Waals surface area contributed by atoms with E-state index in [1.165, 1.54) is 9.40 Å². The normalized spacial score (nSPS) is 11.9. The predicted octanol–water partition coefficient (Wildman–Crippen LogP) is 13.2. The van der Waals surface area contributed by atoms with Crippen LogP contribution in [-0.2, 0) is 0 Å². The lowest BCUT2D eigenvalue weighted by molar-refractivity contribution is 0.954. The van der Waals surface area contributed by atoms with Crippen molar-refractivity contribution in [1.82, 2.24) is 29.5 Å². The Bertz CT molecular complexity index is 3480. The van der Waals surface area contributed by atoms with Crippen LogP contribution in [0.4, 0.5) is 0 Å². The van der Waals surface area contributed by atoms with Gasteiger partial charge in [0.2, 0.25) is 5.95 Å². The predicted molar refractivity (Wildman–Crippen MR) is 237 cm³/mol. The summed E-state index contributed by atoms with van der Waals surface area (Å²) in [5.41, 5.74) is 7.99. The van der Waals surface area contributed by atoms with Crippen LogP contribution < -0.4 is 0 Å². The highest BCUT2D eigenvalue weighted by molar-refractivity contribution is 7.26. The van der Waals surface area contributed by atoms with E-state index < -0.39 is 0 Å². The van der Waals surface area contributed by atoms with Gasteiger partial charge in [0, 0.05) is 63.3 Å². The zero-order chi connectivity index (χ0) is 37.5. The van der Waals surface area contributed by atoms with Gasteiger partial charge in [-0.05, 0) is 30.3 Å². The van der Waals surface area contributed by atoms with E-state index >= 15 is 0 Å². The molecule has 7 aromatic carbocycles. The Morgan fingerprint density at radius 1 is 0.386 bits per heavy atom. The third kappa shape index (κ3) is 5.12. The fourth-order valence-corrected chi connectivity index (χ4v) is 10.4. The number of nitrogens with zero attached hydrogens (tertiary/aromatic N) is 6. The van der Waals surface area contributed by atoms with Crippen LogP contribution in [0.25, 0.3) is 114 Å². The van der Waals surface area contributed by atoms with Crippen molar-refractivity contribution in [3.63, 3.8) is 0 Å². The number of thiophene rings is 2. The Hall–Kier alpha value is -7.13. The zero-order valence-corrected chi connectivity index (χ0v) is 31.8. The number of benzene rings is 7. The Morgan fingerprint density at radius 2 is 1.02 bits per heavy atom. The summed E-state index contributed by atoms with van der Waals surface area (Å²) in [6, 6.07) is 59.0. The first-order valence-electron chi connectivity index (χ1n) is 18.8. The molecule has 57 heavy (non-hydrogen) atoms. The van der Waals surface area contributed by atoms with E-state index in [2.05, 4.69) is 138 Å². The van der Waals surface area contributed by atoms with Crippen molar-refractivity contribution >= 4 is 85.0 Å². The third-order valence-electron chi connectivity index (χ3n) is 10.7. The Labute approximate surface area is 334 Å². The number of aromatic nitrogens is 6. The van der Waals surface area contributed by atoms with Gasteiger partial charge in [-0.15, -0.1) is 22.7 Å². The number of rotatable bonds is 5. The van der Waals surface area contributed by atoms with Gasteiger partial charge in [-0.1, -0.05) is 140 Å². The van der Waals surface area contributed by atoms with Crippen molar-refractivity contribution in [2.24, 2.45) is 0 Å². The molecule has 12 rings (SSSR count). The number of hydrogen-bond acceptors (Lipinski definition) is 7. The monoisotopic (exact) mass is 764 g/mol. The van der Waals surface area contributed by atoms with Gasteiger partial charge >= 0.3 is 0 Å². The SMILES string of the molecule is c1ccc(-c2nc(-c3ccc4c(c3)sc3cccc(-c5nc(-c6ccccc6)c6sc7ccccc7c6n5)c34)nc(-n3c4ccccc4c4ccccc43)n2)cc1. The average molecular weight is 765 g/mol. The standard InChI is InChI=1S/C49H28N6S2/c1-3-14-29(15-4-1)43-45-44(35-20-9-12-24-39(35)57-45)51-48(50-43)36-21-13-25-40-42(36)34-27-26-31(28-41(34)56-40)47-52-46(30-16-5-2-6-17-30)53-49(54-47)55-37-22-10-7-18-32(37)33-19-8-11-23-38(33)55/h1-28H. The molecule has 0 aliphatic heterocycles. The van der Waals surface area contributed by atoms with Crippen molar-refractivity contribution in [3.05, 3.63) is 170 Å². The highest BCUT2D eigenvalue weighted by atomic mass is 32.1. The van der Waals surface area contributed by atoms with Gasteiger partial charge in [-0.2, -0.15) is 9.97 Å². The fraction of sp³-hybridized carbons (Fsp3) is 0. The maximum absolute atomic E-state index is 5.33. The van der Waals surface area contributed by atoms with Gasteiger partial charge in [-0.25, -0.2) is 15.0 Å². The molecule has 0 radical (unpaired) electrons. The lowest BCUT2D eigenvalue weighted by Crippen LogP contribution is -2.06. The quantitative estimate of drug-likeness (QED) is 0.175. The minimum Gasteiger partial charge on any atom is -0.278 e. The van der Waals surface area contributed by atoms with Crippen molar-refractivity contribution in [1.29, 1.82) is 0 Å². The molecule has 5 heterocycles. The number of fused-ring (bicyclic) bond motifs is 9. The Morgan fingerprint density at radius 3 is 1.77 bits per heavy atom. The summed E-state index contributed by atoms with van der Waals surface area (Å²) in [5, 5.41) is 5.76. The Kier molecular flexibility index (Phi) is 7.17. The molecular formula is C49H28N6S2. The zero-order valence-electron chi connectivity index (χ0n) is 30.2. The summed E-state index contributed by atoms with van der Waals surface area (Å²) in [5.74, 6) is 2.54. The number of hydrogen-bond donors (Lipinski definition) is 0. The second-order valence-electron chi connectivity index (χ2n) is 14.0. The van der Waals surface area contributed by atoms with Gasteiger partial charge in [0.25, 0.3) is 0 Å². The molecule has 0 bridgehead atoms. The van der Waals surface area contributed by atoms with E-state index in [0.29, 0.717) is 17.6 Å². The van der Waals surface area contributed by atoms with Crippen LogP contribution in [0.5, 0.6) is 0 Å². The average Bonchev–Trinajstić information content (AvgIpc) is 3.96. The number of para-hydroxylation sites is 2. The van der Waals surface area contributed by atoms with Gasteiger partial charge in [0.15, 0.2) is 17.5 Å². The van der Waals surface area contributed by atoms with Crippen LogP contribution >= 0.6 is 22.7 Å². The molecule has 0 fully saturated rings. The summed E-state index contributed by atoms with van der Waals surface area (Å²) in [6.45, 7) is 0. The topological polar surface area (TPSA) is 69.4 Å². The molecular weight excluding hydrogens is 737 g/mol. The van der Waals surface area contributed by atoms with E-state index in [9.17, 15) is 0 Å². The summed E-state index contributed by atoms with van der Waals surface area (Å²) >= 11 is 3.52. The molecule has 266 valence electrons. The molecule has 0 unspecified atom stereocenters. The van der Waals surface area contributed by atoms with Crippen LogP contribution in [0.2, 0.25) is 0 Å². The summed E-state index contributed by atoms with van der Waals surface area (Å²) in [6.07, 6.45) is 0. The van der Waals surface area contributed by atoms with E-state index in [-0.39, 0.29) is 0 Å². The van der Waals surface area contributed by atoms with Gasteiger partial charge in [0.05, 0.1) is 26.9 Å². The molecule has 0 atom stereocenters. The van der Waals surface area contributed by atoms with Gasteiger partial charge < -0.3 is 0 Å². The summed E-state index contributed by atoms with van der Waals surface area (Å²) in [4.78, 5) is 26.1. The molecule has 6 nitrogen and oxygen atoms in total. The fourth-order valence-electron chi connectivity index (χ4n) is 8.10. The molecule has 0 spiro atoms. The molecule has 0 saturated heterocycles. The van der Waals surface area contributed by atoms with E-state index in [0.717, 1.165) is 86.7 Å². The molecule has 12 aromatic rings. The maximum Gasteiger partial charge on any atom is 0.238 e. The van der Waals surface area contributed by atoms with Crippen LogP contribution in [-0.4, -0.2) is 29.5 Å². The smallest absolute Gasteiger partial charge is 0.238 e. The molecule has 0 amide bonds. The van der Waals surface area contributed by atoms with Crippen molar-refractivity contribution < 1.29 is 0 Å². The minimum atomic E-state index is 0.581. The second kappa shape index (κ2) is 12.7. The molecule has 0 N–H and O–H groups in total. The van der Waals surface area contributed by atoms with Crippen LogP contribution in [0.3, 0.4) is 0 Å². The van der Waals surface area contributed by atoms with Crippen molar-refractivity contribution in [2.45, 2.75) is 0 Å². The molecule has 0 saturated carbocycles. The lowest BCUT2D eigenvalue weighted by atomic mass is 10.0. The first-order chi connectivity index (χ1) is 28.2. The second-order valence-corrected chi connectivity index (χ2v) is 16.2. The van der Waals surface area contributed by atoms with Crippen LogP contribution in [0.1, 0.15) is 0 Å². The summed E-state index contributed by atoms with van der Waals surface area (Å²) in [7, 11) is 0. The molecule has 0 aliphatic rings. The lowest BCUT2D eigenvalue weighted by Gasteiger charge is -2.11. The molecule has 8 heteroatoms. The van der Waals surface area contributed by atoms with Crippen LogP contribution in [0, 0.1) is 0 Å². The summed E-state index contributed by atoms with van der Waals surface area (Å²) < 4.78 is 6.78. The molecule has 0 aliphatic carbocycles. The van der Waals surface area contributed by atoms with Crippen molar-refractivity contribution in [3.8, 4) is 51.4 Å². The van der Waals surface area contributed by atoms with Crippen LogP contribution in [0.15, 0.2) is 170 Å². The van der Waals surface area contributed by atoms with Gasteiger partial charge in [-0.3, -0.25) is 4.57 Å². The minimum absolute atomic E-state index is 0.581. The molecule has 5 aromatic heterocycles. The van der Waals surface area contributed by atoms with E-state index in [1.54, 1.807) is 22.7 Å². The van der Waals surface area contributed by atoms with E-state index in [4.69, 9.17) is 24.9 Å². The highest BCUT2D eigenvalue weighted by Gasteiger charge is 2.21. The highest BCUT2D eigenvalue weighted by Crippen LogP contribution is 2.44. The first-order valence-corrected chi connectivity index (χ1v) is 20.4. The van der Waals surface area contributed by atoms with Gasteiger partial charge in [0.1, 0.15) is 0 Å². The Balaban J connectivity index is 1.06. The van der Waals surface area contributed by atoms with E-state index in [1.807, 2.05) is 36.4 Å². The third-order valence-corrected chi connectivity index (χ3v) is 13.0. The maximum atomic E-state index is 5.33. The van der Waals surface area contributed by atoms with Crippen molar-refractivity contribution in [2.75, 3.05) is 0 Å². The largest absolute Gasteiger partial charge is 0.278 e.